The maximum atomic E-state index is 6.24. The van der Waals surface area contributed by atoms with Crippen LogP contribution in [0, 0.1) is 0 Å². The van der Waals surface area contributed by atoms with Crippen LogP contribution in [0.3, 0.4) is 0 Å². The minimum Gasteiger partial charge on any atom is -0.490 e. The topological polar surface area (TPSA) is 49.3 Å². The molecule has 0 spiro atoms. The van der Waals surface area contributed by atoms with Gasteiger partial charge >= 0.3 is 0 Å². The SMILES string of the molecule is ClC(Cl)=CCOc1cc(Cl)c(OCCCCCOCC=NOc2ccccc2)c(Cl)c1. The molecule has 0 heterocycles. The normalized spacial score (nSPS) is 10.8. The van der Waals surface area contributed by atoms with Crippen LogP contribution in [-0.4, -0.2) is 32.6 Å². The number of ether oxygens (including phenoxy) is 3. The van der Waals surface area contributed by atoms with Crippen molar-refractivity contribution in [1.82, 2.24) is 0 Å². The van der Waals surface area contributed by atoms with Crippen molar-refractivity contribution in [3.05, 3.63) is 63.1 Å². The average Bonchev–Trinajstić information content (AvgIpc) is 2.74. The quantitative estimate of drug-likeness (QED) is 0.153. The second kappa shape index (κ2) is 15.2. The monoisotopic (exact) mass is 505 g/mol. The molecule has 0 fully saturated rings. The summed E-state index contributed by atoms with van der Waals surface area (Å²) in [7, 11) is 0. The van der Waals surface area contributed by atoms with E-state index in [1.807, 2.05) is 30.3 Å². The van der Waals surface area contributed by atoms with Crippen LogP contribution in [0.25, 0.3) is 0 Å². The summed E-state index contributed by atoms with van der Waals surface area (Å²) in [6, 6.07) is 12.6. The second-order valence-corrected chi connectivity index (χ2v) is 8.02. The first-order chi connectivity index (χ1) is 15.1. The largest absolute Gasteiger partial charge is 0.490 e. The Morgan fingerprint density at radius 3 is 2.26 bits per heavy atom. The molecule has 2 aromatic rings. The van der Waals surface area contributed by atoms with E-state index in [-0.39, 0.29) is 11.1 Å². The summed E-state index contributed by atoms with van der Waals surface area (Å²) in [5.74, 6) is 1.63. The number of rotatable bonds is 14. The number of halogens is 4. The fraction of sp³-hybridized carbons (Fsp3) is 0.318. The van der Waals surface area contributed by atoms with Crippen LogP contribution in [0.5, 0.6) is 17.2 Å². The highest BCUT2D eigenvalue weighted by molar-refractivity contribution is 6.55. The third-order valence-electron chi connectivity index (χ3n) is 3.81. The van der Waals surface area contributed by atoms with Gasteiger partial charge < -0.3 is 19.0 Å². The molecule has 31 heavy (non-hydrogen) atoms. The number of nitrogens with zero attached hydrogens (tertiary/aromatic N) is 1. The minimum atomic E-state index is 0.132. The van der Waals surface area contributed by atoms with Gasteiger partial charge in [-0.05, 0) is 37.5 Å². The van der Waals surface area contributed by atoms with E-state index in [2.05, 4.69) is 5.16 Å². The lowest BCUT2D eigenvalue weighted by atomic mass is 10.2. The van der Waals surface area contributed by atoms with Crippen molar-refractivity contribution in [2.24, 2.45) is 5.16 Å². The zero-order chi connectivity index (χ0) is 22.3. The number of para-hydroxylation sites is 1. The van der Waals surface area contributed by atoms with Gasteiger partial charge in [-0.15, -0.1) is 0 Å². The van der Waals surface area contributed by atoms with E-state index in [0.29, 0.717) is 47.1 Å². The Balaban J connectivity index is 1.55. The van der Waals surface area contributed by atoms with Crippen molar-refractivity contribution in [2.45, 2.75) is 19.3 Å². The minimum absolute atomic E-state index is 0.132. The molecule has 0 amide bonds. The van der Waals surface area contributed by atoms with Gasteiger partial charge in [-0.2, -0.15) is 0 Å². The maximum Gasteiger partial charge on any atom is 0.157 e. The Labute approximate surface area is 202 Å². The van der Waals surface area contributed by atoms with E-state index in [9.17, 15) is 0 Å². The van der Waals surface area contributed by atoms with E-state index < -0.39 is 0 Å². The molecule has 0 atom stereocenters. The van der Waals surface area contributed by atoms with E-state index in [1.54, 1.807) is 18.3 Å². The summed E-state index contributed by atoms with van der Waals surface area (Å²) in [6.45, 7) is 1.74. The number of hydrogen-bond donors (Lipinski definition) is 0. The summed E-state index contributed by atoms with van der Waals surface area (Å²) < 4.78 is 16.8. The molecule has 9 heteroatoms. The summed E-state index contributed by atoms with van der Waals surface area (Å²) in [5.41, 5.74) is 0. The molecule has 0 aliphatic carbocycles. The Kier molecular flexibility index (Phi) is 12.6. The number of unbranched alkanes of at least 4 members (excludes halogenated alkanes) is 2. The molecule has 168 valence electrons. The summed E-state index contributed by atoms with van der Waals surface area (Å²) in [6.07, 6.45) is 5.80. The van der Waals surface area contributed by atoms with Crippen LogP contribution >= 0.6 is 46.4 Å². The van der Waals surface area contributed by atoms with Crippen molar-refractivity contribution < 1.29 is 19.0 Å². The first-order valence-corrected chi connectivity index (χ1v) is 11.1. The molecule has 0 saturated heterocycles. The van der Waals surface area contributed by atoms with Gasteiger partial charge in [0.25, 0.3) is 0 Å². The van der Waals surface area contributed by atoms with Gasteiger partial charge in [-0.1, -0.05) is 69.8 Å². The highest BCUT2D eigenvalue weighted by Crippen LogP contribution is 2.37. The Hall–Kier alpha value is -1.63. The third kappa shape index (κ3) is 11.0. The fourth-order valence-corrected chi connectivity index (χ4v) is 3.06. The van der Waals surface area contributed by atoms with Crippen molar-refractivity contribution in [2.75, 3.05) is 26.4 Å². The van der Waals surface area contributed by atoms with E-state index in [0.717, 1.165) is 19.3 Å². The van der Waals surface area contributed by atoms with Gasteiger partial charge in [-0.25, -0.2) is 0 Å². The van der Waals surface area contributed by atoms with Crippen LogP contribution in [0.4, 0.5) is 0 Å². The number of hydrogen-bond acceptors (Lipinski definition) is 5. The van der Waals surface area contributed by atoms with Crippen LogP contribution in [0.1, 0.15) is 19.3 Å². The van der Waals surface area contributed by atoms with Crippen molar-refractivity contribution in [1.29, 1.82) is 0 Å². The molecule has 0 radical (unpaired) electrons. The molecule has 0 unspecified atom stereocenters. The zero-order valence-electron chi connectivity index (χ0n) is 16.7. The van der Waals surface area contributed by atoms with Gasteiger partial charge in [-0.3, -0.25) is 0 Å². The van der Waals surface area contributed by atoms with E-state index >= 15 is 0 Å². The molecule has 0 saturated carbocycles. The van der Waals surface area contributed by atoms with Gasteiger partial charge in [0, 0.05) is 18.7 Å². The highest BCUT2D eigenvalue weighted by Gasteiger charge is 2.10. The molecule has 0 aromatic heterocycles. The van der Waals surface area contributed by atoms with Gasteiger partial charge in [0.05, 0.1) is 29.5 Å². The Morgan fingerprint density at radius 1 is 0.839 bits per heavy atom. The van der Waals surface area contributed by atoms with Crippen LogP contribution in [0.15, 0.2) is 58.2 Å². The maximum absolute atomic E-state index is 6.24. The lowest BCUT2D eigenvalue weighted by Crippen LogP contribution is -2.02. The molecule has 0 bridgehead atoms. The van der Waals surface area contributed by atoms with E-state index in [4.69, 9.17) is 65.5 Å². The fourth-order valence-electron chi connectivity index (χ4n) is 2.36. The standard InChI is InChI=1S/C22H23Cl4NO4/c23-19-15-18(29-13-9-21(25)26)16-20(24)22(19)30-12-6-2-5-11-28-14-10-27-31-17-7-3-1-4-8-17/h1,3-4,7-10,15-16H,2,5-6,11-14H2. The molecule has 2 aromatic carbocycles. The Morgan fingerprint density at radius 2 is 1.55 bits per heavy atom. The second-order valence-electron chi connectivity index (χ2n) is 6.20. The zero-order valence-corrected chi connectivity index (χ0v) is 19.8. The third-order valence-corrected chi connectivity index (χ3v) is 4.68. The summed E-state index contributed by atoms with van der Waals surface area (Å²) in [4.78, 5) is 5.19. The smallest absolute Gasteiger partial charge is 0.157 e. The predicted molar refractivity (Wildman–Crippen MR) is 127 cm³/mol. The molecule has 0 aliphatic rings. The first kappa shape index (κ1) is 25.6. The molecule has 2 rings (SSSR count). The van der Waals surface area contributed by atoms with Gasteiger partial charge in [0.2, 0.25) is 0 Å². The molecule has 0 aliphatic heterocycles. The molecule has 0 N–H and O–H groups in total. The van der Waals surface area contributed by atoms with Crippen molar-refractivity contribution in [3.8, 4) is 17.2 Å². The Bertz CT molecular complexity index is 820. The number of benzene rings is 2. The molecule has 5 nitrogen and oxygen atoms in total. The van der Waals surface area contributed by atoms with Gasteiger partial charge in [0.1, 0.15) is 16.8 Å². The lowest BCUT2D eigenvalue weighted by Gasteiger charge is -2.12. The van der Waals surface area contributed by atoms with Crippen LogP contribution in [-0.2, 0) is 4.74 Å². The molecular formula is C22H23Cl4NO4. The predicted octanol–water partition coefficient (Wildman–Crippen LogP) is 7.32. The average molecular weight is 507 g/mol. The van der Waals surface area contributed by atoms with Crippen LogP contribution in [0.2, 0.25) is 10.0 Å². The van der Waals surface area contributed by atoms with Crippen LogP contribution < -0.4 is 14.3 Å². The number of oxime groups is 1. The lowest BCUT2D eigenvalue weighted by molar-refractivity contribution is 0.164. The molecular weight excluding hydrogens is 484 g/mol. The first-order valence-electron chi connectivity index (χ1n) is 9.63. The summed E-state index contributed by atoms with van der Waals surface area (Å²) >= 11 is 23.6. The van der Waals surface area contributed by atoms with Gasteiger partial charge in [0.15, 0.2) is 11.5 Å². The highest BCUT2D eigenvalue weighted by atomic mass is 35.5. The van der Waals surface area contributed by atoms with Crippen molar-refractivity contribution >= 4 is 52.6 Å². The summed E-state index contributed by atoms with van der Waals surface area (Å²) in [5, 5.41) is 4.61. The van der Waals surface area contributed by atoms with E-state index in [1.165, 1.54) is 6.08 Å². The van der Waals surface area contributed by atoms with Crippen molar-refractivity contribution in [3.63, 3.8) is 0 Å².